The lowest BCUT2D eigenvalue weighted by Gasteiger charge is -2.23. The second kappa shape index (κ2) is 13.8. The summed E-state index contributed by atoms with van der Waals surface area (Å²) < 4.78 is 0. The zero-order valence-electron chi connectivity index (χ0n) is 20.7. The lowest BCUT2D eigenvalue weighted by molar-refractivity contribution is -0.122. The number of carbonyl (C=O) groups excluding carboxylic acids is 3. The Morgan fingerprint density at radius 2 is 1.67 bits per heavy atom. The van der Waals surface area contributed by atoms with Crippen molar-refractivity contribution in [3.05, 3.63) is 95.7 Å². The van der Waals surface area contributed by atoms with Crippen molar-refractivity contribution in [1.29, 1.82) is 0 Å². The Morgan fingerprint density at radius 3 is 2.22 bits per heavy atom. The van der Waals surface area contributed by atoms with Gasteiger partial charge in [0.05, 0.1) is 6.54 Å². The van der Waals surface area contributed by atoms with Gasteiger partial charge in [0, 0.05) is 13.1 Å². The maximum atomic E-state index is 11.9. The van der Waals surface area contributed by atoms with Gasteiger partial charge in [0.1, 0.15) is 11.9 Å². The van der Waals surface area contributed by atoms with Gasteiger partial charge in [-0.25, -0.2) is 4.98 Å². The van der Waals surface area contributed by atoms with Gasteiger partial charge in [0.25, 0.3) is 0 Å². The molecule has 4 rings (SSSR count). The Morgan fingerprint density at radius 1 is 1.00 bits per heavy atom. The number of nitrogens with two attached hydrogens (primary N) is 1. The van der Waals surface area contributed by atoms with Crippen LogP contribution in [0.1, 0.15) is 67.7 Å². The van der Waals surface area contributed by atoms with Gasteiger partial charge in [0.15, 0.2) is 0 Å². The van der Waals surface area contributed by atoms with Crippen molar-refractivity contribution in [2.45, 2.75) is 57.5 Å². The van der Waals surface area contributed by atoms with Crippen LogP contribution in [0.5, 0.6) is 0 Å². The summed E-state index contributed by atoms with van der Waals surface area (Å²) in [6.07, 6.45) is 8.89. The number of hydrogen-bond donors (Lipinski definition) is 2. The van der Waals surface area contributed by atoms with Crippen LogP contribution in [0.3, 0.4) is 0 Å². The molecule has 188 valence electrons. The SMILES string of the molecule is CC(=O)N(Cc1ccc(C2CCCCC2)cc1)c1ccccn1.NC(=O)C(NC=O)c1ccccc1. The first-order chi connectivity index (χ1) is 17.5. The highest BCUT2D eigenvalue weighted by Crippen LogP contribution is 2.32. The first-order valence-electron chi connectivity index (χ1n) is 12.3. The van der Waals surface area contributed by atoms with Gasteiger partial charge >= 0.3 is 0 Å². The molecule has 1 saturated carbocycles. The Labute approximate surface area is 212 Å². The Hall–Kier alpha value is -4.00. The van der Waals surface area contributed by atoms with Crippen molar-refractivity contribution in [3.8, 4) is 0 Å². The number of pyridine rings is 1. The summed E-state index contributed by atoms with van der Waals surface area (Å²) in [6.45, 7) is 2.16. The summed E-state index contributed by atoms with van der Waals surface area (Å²) in [4.78, 5) is 39.0. The number of hydrogen-bond acceptors (Lipinski definition) is 4. The van der Waals surface area contributed by atoms with Gasteiger partial charge in [-0.2, -0.15) is 0 Å². The van der Waals surface area contributed by atoms with Crippen LogP contribution in [-0.2, 0) is 20.9 Å². The number of primary amides is 1. The van der Waals surface area contributed by atoms with E-state index in [9.17, 15) is 14.4 Å². The topological polar surface area (TPSA) is 105 Å². The van der Waals surface area contributed by atoms with Crippen LogP contribution in [0, 0.1) is 0 Å². The molecule has 1 atom stereocenters. The molecule has 0 bridgehead atoms. The fourth-order valence-electron chi connectivity index (χ4n) is 4.44. The number of carbonyl (C=O) groups is 3. The molecule has 0 aliphatic heterocycles. The van der Waals surface area contributed by atoms with E-state index in [2.05, 4.69) is 34.6 Å². The molecule has 1 aromatic heterocycles. The summed E-state index contributed by atoms with van der Waals surface area (Å²) in [5.74, 6) is 0.868. The van der Waals surface area contributed by atoms with Crippen molar-refractivity contribution >= 4 is 24.0 Å². The maximum Gasteiger partial charge on any atom is 0.244 e. The summed E-state index contributed by atoms with van der Waals surface area (Å²) in [5, 5.41) is 2.34. The quantitative estimate of drug-likeness (QED) is 0.453. The van der Waals surface area contributed by atoms with Crippen LogP contribution in [-0.4, -0.2) is 23.2 Å². The molecule has 7 heteroatoms. The van der Waals surface area contributed by atoms with E-state index in [1.54, 1.807) is 42.3 Å². The first kappa shape index (κ1) is 26.6. The van der Waals surface area contributed by atoms with Crippen molar-refractivity contribution < 1.29 is 14.4 Å². The van der Waals surface area contributed by atoms with E-state index in [-0.39, 0.29) is 5.91 Å². The average molecular weight is 487 g/mol. The minimum absolute atomic E-state index is 0.0139. The van der Waals surface area contributed by atoms with Crippen molar-refractivity contribution in [3.63, 3.8) is 0 Å². The lowest BCUT2D eigenvalue weighted by atomic mass is 9.84. The molecule has 2 aromatic carbocycles. The normalized spacial score (nSPS) is 14.0. The summed E-state index contributed by atoms with van der Waals surface area (Å²) in [7, 11) is 0. The van der Waals surface area contributed by atoms with E-state index >= 15 is 0 Å². The van der Waals surface area contributed by atoms with Crippen LogP contribution in [0.15, 0.2) is 79.0 Å². The van der Waals surface area contributed by atoms with Gasteiger partial charge in [0.2, 0.25) is 18.2 Å². The minimum atomic E-state index is -0.737. The van der Waals surface area contributed by atoms with E-state index in [0.717, 1.165) is 11.5 Å². The third kappa shape index (κ3) is 7.77. The van der Waals surface area contributed by atoms with Crippen molar-refractivity contribution in [1.82, 2.24) is 10.3 Å². The Kier molecular flexibility index (Phi) is 10.2. The summed E-state index contributed by atoms with van der Waals surface area (Å²) in [5.41, 5.74) is 8.37. The van der Waals surface area contributed by atoms with Crippen LogP contribution < -0.4 is 16.0 Å². The van der Waals surface area contributed by atoms with Crippen LogP contribution in [0.4, 0.5) is 5.82 Å². The zero-order chi connectivity index (χ0) is 25.8. The average Bonchev–Trinajstić information content (AvgIpc) is 2.92. The monoisotopic (exact) mass is 486 g/mol. The molecule has 0 saturated heterocycles. The summed E-state index contributed by atoms with van der Waals surface area (Å²) in [6, 6.07) is 22.5. The van der Waals surface area contributed by atoms with E-state index in [1.807, 2.05) is 24.3 Å². The summed E-state index contributed by atoms with van der Waals surface area (Å²) >= 11 is 0. The molecule has 0 spiro atoms. The number of benzene rings is 2. The molecular formula is C29H34N4O3. The van der Waals surface area contributed by atoms with Gasteiger partial charge in [-0.15, -0.1) is 0 Å². The fourth-order valence-corrected chi connectivity index (χ4v) is 4.44. The van der Waals surface area contributed by atoms with Gasteiger partial charge in [-0.05, 0) is 47.6 Å². The highest BCUT2D eigenvalue weighted by molar-refractivity contribution is 5.90. The second-order valence-corrected chi connectivity index (χ2v) is 8.90. The number of amides is 3. The number of nitrogens with zero attached hydrogens (tertiary/aromatic N) is 2. The second-order valence-electron chi connectivity index (χ2n) is 8.90. The number of rotatable bonds is 8. The molecule has 3 aromatic rings. The van der Waals surface area contributed by atoms with E-state index in [1.165, 1.54) is 37.7 Å². The molecule has 1 aliphatic rings. The third-order valence-corrected chi connectivity index (χ3v) is 6.36. The predicted octanol–water partition coefficient (Wildman–Crippen LogP) is 4.64. The zero-order valence-corrected chi connectivity index (χ0v) is 20.7. The minimum Gasteiger partial charge on any atom is -0.368 e. The molecule has 1 aliphatic carbocycles. The molecule has 1 unspecified atom stereocenters. The van der Waals surface area contributed by atoms with E-state index in [4.69, 9.17) is 5.73 Å². The maximum absolute atomic E-state index is 11.9. The molecule has 0 radical (unpaired) electrons. The first-order valence-corrected chi connectivity index (χ1v) is 12.3. The van der Waals surface area contributed by atoms with Gasteiger partial charge in [-0.1, -0.05) is 79.9 Å². The highest BCUT2D eigenvalue weighted by Gasteiger charge is 2.17. The van der Waals surface area contributed by atoms with E-state index < -0.39 is 11.9 Å². The van der Waals surface area contributed by atoms with Crippen molar-refractivity contribution in [2.75, 3.05) is 4.90 Å². The highest BCUT2D eigenvalue weighted by atomic mass is 16.2. The van der Waals surface area contributed by atoms with Crippen LogP contribution in [0.2, 0.25) is 0 Å². The van der Waals surface area contributed by atoms with Crippen LogP contribution >= 0.6 is 0 Å². The molecule has 3 N–H and O–H groups in total. The fraction of sp³-hybridized carbons (Fsp3) is 0.310. The third-order valence-electron chi connectivity index (χ3n) is 6.36. The Bertz CT molecular complexity index is 1100. The van der Waals surface area contributed by atoms with Gasteiger partial charge in [-0.3, -0.25) is 19.3 Å². The van der Waals surface area contributed by atoms with E-state index in [0.29, 0.717) is 24.3 Å². The smallest absolute Gasteiger partial charge is 0.244 e. The van der Waals surface area contributed by atoms with Crippen molar-refractivity contribution in [2.24, 2.45) is 5.73 Å². The predicted molar refractivity (Wildman–Crippen MR) is 141 cm³/mol. The lowest BCUT2D eigenvalue weighted by Crippen LogP contribution is -2.32. The molecule has 1 fully saturated rings. The molecular weight excluding hydrogens is 452 g/mol. The molecule has 36 heavy (non-hydrogen) atoms. The molecule has 1 heterocycles. The number of aromatic nitrogens is 1. The van der Waals surface area contributed by atoms with Gasteiger partial charge < -0.3 is 11.1 Å². The molecule has 3 amide bonds. The standard InChI is InChI=1S/C20H24N2O.C9H10N2O2/c1-16(23)22(20-9-5-6-14-21-20)15-17-10-12-19(13-11-17)18-7-3-2-4-8-18;10-9(13)8(11-6-12)7-4-2-1-3-5-7/h5-6,9-14,18H,2-4,7-8,15H2,1H3;1-6,8H,(H2,10,13)(H,11,12). The Balaban J connectivity index is 0.000000236. The number of anilines is 1. The largest absolute Gasteiger partial charge is 0.368 e. The number of nitrogens with one attached hydrogen (secondary N) is 1. The molecule has 7 nitrogen and oxygen atoms in total. The van der Waals surface area contributed by atoms with Crippen LogP contribution in [0.25, 0.3) is 0 Å².